The van der Waals surface area contributed by atoms with Crippen molar-refractivity contribution in [3.63, 3.8) is 0 Å². The molecule has 0 spiro atoms. The summed E-state index contributed by atoms with van der Waals surface area (Å²) in [5.74, 6) is 2.10. The molecule has 0 aromatic heterocycles. The van der Waals surface area contributed by atoms with Crippen molar-refractivity contribution in [2.45, 2.75) is 26.2 Å². The lowest BCUT2D eigenvalue weighted by molar-refractivity contribution is -0.107. The number of rotatable bonds is 6. The molecular formula is C21H26O5. The first-order chi connectivity index (χ1) is 12.6. The molecule has 140 valence electrons. The van der Waals surface area contributed by atoms with Gasteiger partial charge in [0.2, 0.25) is 5.75 Å². The van der Waals surface area contributed by atoms with E-state index in [1.54, 1.807) is 27.4 Å². The first-order valence-corrected chi connectivity index (χ1v) is 8.54. The lowest BCUT2D eigenvalue weighted by Crippen LogP contribution is -2.02. The van der Waals surface area contributed by atoms with Gasteiger partial charge < -0.3 is 18.9 Å². The Morgan fingerprint density at radius 3 is 2.31 bits per heavy atom. The van der Waals surface area contributed by atoms with Crippen LogP contribution in [0.2, 0.25) is 0 Å². The van der Waals surface area contributed by atoms with E-state index in [1.807, 2.05) is 19.1 Å². The standard InChI is InChI=1S/C21H26O5/c1-6-14-8-7-9-15-12-18(24-3)20(25-4)21(26-5)19(15)17(14)11-10-16(13-22)23-2/h6,10-13H,7-9H2,1-5H3/b14-6-,16-10+,17-11+. The maximum atomic E-state index is 11.1. The molecule has 0 fully saturated rings. The molecule has 5 nitrogen and oxygen atoms in total. The number of allylic oxidation sites excluding steroid dienone is 6. The van der Waals surface area contributed by atoms with Gasteiger partial charge in [-0.2, -0.15) is 0 Å². The van der Waals surface area contributed by atoms with Crippen molar-refractivity contribution in [3.05, 3.63) is 46.8 Å². The van der Waals surface area contributed by atoms with Crippen LogP contribution in [0.3, 0.4) is 0 Å². The van der Waals surface area contributed by atoms with Crippen molar-refractivity contribution in [1.82, 2.24) is 0 Å². The van der Waals surface area contributed by atoms with Crippen LogP contribution in [-0.4, -0.2) is 34.7 Å². The lowest BCUT2D eigenvalue weighted by Gasteiger charge is -2.20. The highest BCUT2D eigenvalue weighted by molar-refractivity contribution is 5.88. The maximum Gasteiger partial charge on any atom is 0.203 e. The van der Waals surface area contributed by atoms with E-state index < -0.39 is 0 Å². The number of carbonyl (C=O) groups excluding carboxylic acids is 1. The summed E-state index contributed by atoms with van der Waals surface area (Å²) in [5, 5.41) is 0. The molecule has 0 saturated carbocycles. The molecule has 2 rings (SSSR count). The molecular weight excluding hydrogens is 332 g/mol. The monoisotopic (exact) mass is 358 g/mol. The number of methoxy groups -OCH3 is 4. The number of fused-ring (bicyclic) bond motifs is 1. The van der Waals surface area contributed by atoms with E-state index in [9.17, 15) is 4.79 Å². The van der Waals surface area contributed by atoms with Gasteiger partial charge in [0.15, 0.2) is 23.5 Å². The fourth-order valence-electron chi connectivity index (χ4n) is 3.27. The van der Waals surface area contributed by atoms with Crippen LogP contribution in [0.5, 0.6) is 17.2 Å². The topological polar surface area (TPSA) is 54.0 Å². The van der Waals surface area contributed by atoms with Gasteiger partial charge in [0, 0.05) is 5.56 Å². The third-order valence-corrected chi connectivity index (χ3v) is 4.53. The molecule has 0 atom stereocenters. The molecule has 0 aliphatic heterocycles. The molecule has 0 amide bonds. The number of aryl methyl sites for hydroxylation is 1. The second-order valence-corrected chi connectivity index (χ2v) is 5.82. The van der Waals surface area contributed by atoms with Crippen LogP contribution < -0.4 is 14.2 Å². The molecule has 26 heavy (non-hydrogen) atoms. The highest BCUT2D eigenvalue weighted by Gasteiger charge is 2.26. The van der Waals surface area contributed by atoms with Crippen molar-refractivity contribution in [3.8, 4) is 17.2 Å². The third kappa shape index (κ3) is 3.77. The first kappa shape index (κ1) is 19.6. The number of hydrogen-bond acceptors (Lipinski definition) is 5. The number of carbonyl (C=O) groups is 1. The predicted molar refractivity (Wildman–Crippen MR) is 102 cm³/mol. The van der Waals surface area contributed by atoms with E-state index in [2.05, 4.69) is 6.08 Å². The van der Waals surface area contributed by atoms with E-state index in [1.165, 1.54) is 12.7 Å². The molecule has 1 aliphatic carbocycles. The van der Waals surface area contributed by atoms with Gasteiger partial charge in [-0.25, -0.2) is 0 Å². The summed E-state index contributed by atoms with van der Waals surface area (Å²) in [5.41, 5.74) is 4.27. The number of ether oxygens (including phenoxy) is 4. The second kappa shape index (κ2) is 9.13. The molecule has 0 saturated heterocycles. The molecule has 5 heteroatoms. The van der Waals surface area contributed by atoms with Crippen molar-refractivity contribution in [1.29, 1.82) is 0 Å². The zero-order valence-electron chi connectivity index (χ0n) is 16.0. The van der Waals surface area contributed by atoms with Gasteiger partial charge in [-0.05, 0) is 55.0 Å². The van der Waals surface area contributed by atoms with E-state index in [4.69, 9.17) is 18.9 Å². The number of benzene rings is 1. The highest BCUT2D eigenvalue weighted by atomic mass is 16.5. The highest BCUT2D eigenvalue weighted by Crippen LogP contribution is 2.48. The van der Waals surface area contributed by atoms with Crippen LogP contribution in [0.4, 0.5) is 0 Å². The van der Waals surface area contributed by atoms with E-state index in [-0.39, 0.29) is 5.76 Å². The minimum atomic E-state index is 0.262. The van der Waals surface area contributed by atoms with Crippen LogP contribution in [0.15, 0.2) is 35.6 Å². The first-order valence-electron chi connectivity index (χ1n) is 8.54. The largest absolute Gasteiger partial charge is 0.493 e. The minimum Gasteiger partial charge on any atom is -0.493 e. The Bertz CT molecular complexity index is 756. The fourth-order valence-corrected chi connectivity index (χ4v) is 3.27. The zero-order valence-corrected chi connectivity index (χ0v) is 16.0. The Morgan fingerprint density at radius 1 is 1.04 bits per heavy atom. The summed E-state index contributed by atoms with van der Waals surface area (Å²) in [6, 6.07) is 2.00. The Hall–Kier alpha value is -2.69. The van der Waals surface area contributed by atoms with E-state index >= 15 is 0 Å². The molecule has 0 bridgehead atoms. The van der Waals surface area contributed by atoms with Crippen LogP contribution in [0.25, 0.3) is 5.57 Å². The summed E-state index contributed by atoms with van der Waals surface area (Å²) in [4.78, 5) is 11.1. The van der Waals surface area contributed by atoms with Crippen LogP contribution in [-0.2, 0) is 16.0 Å². The smallest absolute Gasteiger partial charge is 0.203 e. The number of aldehydes is 1. The van der Waals surface area contributed by atoms with Crippen LogP contribution in [0, 0.1) is 0 Å². The van der Waals surface area contributed by atoms with Gasteiger partial charge in [-0.1, -0.05) is 12.2 Å². The van der Waals surface area contributed by atoms with Gasteiger partial charge in [0.05, 0.1) is 28.4 Å². The van der Waals surface area contributed by atoms with Crippen molar-refractivity contribution in [2.24, 2.45) is 0 Å². The lowest BCUT2D eigenvalue weighted by atomic mass is 9.92. The Labute approximate surface area is 154 Å². The summed E-state index contributed by atoms with van der Waals surface area (Å²) in [6.45, 7) is 2.02. The van der Waals surface area contributed by atoms with Gasteiger partial charge in [0.25, 0.3) is 0 Å². The average Bonchev–Trinajstić information content (AvgIpc) is 2.85. The summed E-state index contributed by atoms with van der Waals surface area (Å²) < 4.78 is 21.8. The van der Waals surface area contributed by atoms with E-state index in [0.29, 0.717) is 23.5 Å². The fraction of sp³-hybridized carbons (Fsp3) is 0.381. The predicted octanol–water partition coefficient (Wildman–Crippen LogP) is 4.11. The van der Waals surface area contributed by atoms with E-state index in [0.717, 1.165) is 36.0 Å². The Kier molecular flexibility index (Phi) is 6.89. The summed E-state index contributed by atoms with van der Waals surface area (Å²) in [7, 11) is 6.31. The van der Waals surface area contributed by atoms with Crippen molar-refractivity contribution < 1.29 is 23.7 Å². The zero-order chi connectivity index (χ0) is 19.1. The average molecular weight is 358 g/mol. The molecule has 0 heterocycles. The molecule has 1 aliphatic rings. The Balaban J connectivity index is 2.82. The van der Waals surface area contributed by atoms with Gasteiger partial charge in [-0.3, -0.25) is 4.79 Å². The maximum absolute atomic E-state index is 11.1. The molecule has 1 aromatic carbocycles. The molecule has 0 unspecified atom stereocenters. The number of hydrogen-bond donors (Lipinski definition) is 0. The summed E-state index contributed by atoms with van der Waals surface area (Å²) in [6.07, 6.45) is 9.21. The minimum absolute atomic E-state index is 0.262. The van der Waals surface area contributed by atoms with Crippen LogP contribution in [0.1, 0.15) is 30.9 Å². The van der Waals surface area contributed by atoms with Crippen molar-refractivity contribution in [2.75, 3.05) is 28.4 Å². The third-order valence-electron chi connectivity index (χ3n) is 4.53. The Morgan fingerprint density at radius 2 is 1.77 bits per heavy atom. The van der Waals surface area contributed by atoms with Crippen molar-refractivity contribution >= 4 is 11.9 Å². The van der Waals surface area contributed by atoms with Gasteiger partial charge >= 0.3 is 0 Å². The normalized spacial score (nSPS) is 17.5. The summed E-state index contributed by atoms with van der Waals surface area (Å²) >= 11 is 0. The molecule has 0 radical (unpaired) electrons. The van der Waals surface area contributed by atoms with Crippen LogP contribution >= 0.6 is 0 Å². The SMILES string of the molecule is C/C=C1/CCCc2cc(OC)c(OC)c(OC)c2/C1=C/C=C(\C=O)OC. The quantitative estimate of drug-likeness (QED) is 0.332. The van der Waals surface area contributed by atoms with Gasteiger partial charge in [0.1, 0.15) is 0 Å². The molecule has 0 N–H and O–H groups in total. The van der Waals surface area contributed by atoms with Gasteiger partial charge in [-0.15, -0.1) is 0 Å². The second-order valence-electron chi connectivity index (χ2n) is 5.82. The molecule has 1 aromatic rings.